The van der Waals surface area contributed by atoms with Crippen molar-refractivity contribution in [3.63, 3.8) is 0 Å². The van der Waals surface area contributed by atoms with E-state index in [-0.39, 0.29) is 18.1 Å². The maximum atomic E-state index is 13.9. The third-order valence-corrected chi connectivity index (χ3v) is 5.25. The Morgan fingerprint density at radius 3 is 2.53 bits per heavy atom. The van der Waals surface area contributed by atoms with Gasteiger partial charge in [0.15, 0.2) is 11.5 Å². The molecular weight excluding hydrogens is 562 g/mol. The molecule has 10 nitrogen and oxygen atoms in total. The molecule has 0 bridgehead atoms. The number of anilines is 1. The maximum absolute atomic E-state index is 13.9. The minimum absolute atomic E-state index is 0.00331. The Hall–Kier alpha value is -3.81. The largest absolute Gasteiger partial charge is 0.490 e. The van der Waals surface area contributed by atoms with Gasteiger partial charge >= 0.3 is 5.69 Å². The van der Waals surface area contributed by atoms with Crippen LogP contribution in [0.2, 0.25) is 0 Å². The first-order chi connectivity index (χ1) is 16.3. The molecule has 0 aliphatic carbocycles. The Morgan fingerprint density at radius 2 is 1.85 bits per heavy atom. The molecule has 1 N–H and O–H groups in total. The average molecular weight is 580 g/mol. The smallest absolute Gasteiger partial charge is 0.301 e. The van der Waals surface area contributed by atoms with Gasteiger partial charge in [-0.2, -0.15) is 5.10 Å². The van der Waals surface area contributed by atoms with Crippen LogP contribution in [0.4, 0.5) is 21.5 Å². The normalized spacial score (nSPS) is 10.8. The third-order valence-electron chi connectivity index (χ3n) is 4.45. The predicted molar refractivity (Wildman–Crippen MR) is 132 cm³/mol. The first-order valence-corrected chi connectivity index (χ1v) is 10.9. The van der Waals surface area contributed by atoms with E-state index in [1.807, 2.05) is 6.92 Å². The zero-order chi connectivity index (χ0) is 24.7. The molecule has 0 aliphatic heterocycles. The molecule has 0 heterocycles. The van der Waals surface area contributed by atoms with Crippen molar-refractivity contribution in [3.8, 4) is 11.5 Å². The minimum Gasteiger partial charge on any atom is -0.490 e. The van der Waals surface area contributed by atoms with Gasteiger partial charge in [0.05, 0.1) is 32.3 Å². The summed E-state index contributed by atoms with van der Waals surface area (Å²) in [5, 5.41) is 26.1. The number of nitro benzene ring substituents is 2. The van der Waals surface area contributed by atoms with Crippen molar-refractivity contribution in [1.82, 2.24) is 0 Å². The standard InChI is InChI=1S/C22H18FIN4O6/c1-2-33-21-10-14(9-18(24)22(21)34-13-15-5-3-4-6-17(15)23)12-25-26-19-8-7-16(27(29)30)11-20(19)28(31)32/h3-12,26H,2,13H2,1H3/b25-12+. The second kappa shape index (κ2) is 11.4. The lowest BCUT2D eigenvalue weighted by Crippen LogP contribution is -2.04. The summed E-state index contributed by atoms with van der Waals surface area (Å²) >= 11 is 2.06. The van der Waals surface area contributed by atoms with Gasteiger partial charge in [0, 0.05) is 11.6 Å². The minimum atomic E-state index is -0.733. The van der Waals surface area contributed by atoms with E-state index in [4.69, 9.17) is 9.47 Å². The highest BCUT2D eigenvalue weighted by Gasteiger charge is 2.19. The van der Waals surface area contributed by atoms with Crippen molar-refractivity contribution in [2.75, 3.05) is 12.0 Å². The summed E-state index contributed by atoms with van der Waals surface area (Å²) < 4.78 is 26.1. The highest BCUT2D eigenvalue weighted by molar-refractivity contribution is 14.1. The summed E-state index contributed by atoms with van der Waals surface area (Å²) in [5.74, 6) is 0.501. The quantitative estimate of drug-likeness (QED) is 0.142. The maximum Gasteiger partial charge on any atom is 0.301 e. The molecule has 0 radical (unpaired) electrons. The Bertz CT molecular complexity index is 1250. The van der Waals surface area contributed by atoms with E-state index in [0.717, 1.165) is 12.1 Å². The fourth-order valence-electron chi connectivity index (χ4n) is 2.89. The van der Waals surface area contributed by atoms with Crippen molar-refractivity contribution in [2.24, 2.45) is 5.10 Å². The summed E-state index contributed by atoms with van der Waals surface area (Å²) in [6, 6.07) is 12.9. The monoisotopic (exact) mass is 580 g/mol. The summed E-state index contributed by atoms with van der Waals surface area (Å²) in [4.78, 5) is 20.7. The van der Waals surface area contributed by atoms with Gasteiger partial charge in [-0.05, 0) is 59.3 Å². The summed E-state index contributed by atoms with van der Waals surface area (Å²) in [6.45, 7) is 2.19. The fourth-order valence-corrected chi connectivity index (χ4v) is 3.67. The van der Waals surface area contributed by atoms with Crippen LogP contribution in [0.3, 0.4) is 0 Å². The van der Waals surface area contributed by atoms with Crippen LogP contribution in [-0.4, -0.2) is 22.7 Å². The average Bonchev–Trinajstić information content (AvgIpc) is 2.79. The summed E-state index contributed by atoms with van der Waals surface area (Å²) in [6.07, 6.45) is 1.41. The second-order valence-electron chi connectivity index (χ2n) is 6.73. The molecule has 0 atom stereocenters. The van der Waals surface area contributed by atoms with Crippen LogP contribution in [0.15, 0.2) is 59.7 Å². The van der Waals surface area contributed by atoms with Gasteiger partial charge in [-0.15, -0.1) is 0 Å². The van der Waals surface area contributed by atoms with Crippen molar-refractivity contribution in [2.45, 2.75) is 13.5 Å². The van der Waals surface area contributed by atoms with Gasteiger partial charge in [0.25, 0.3) is 5.69 Å². The van der Waals surface area contributed by atoms with E-state index in [1.54, 1.807) is 30.3 Å². The number of hydrogen-bond acceptors (Lipinski definition) is 8. The Balaban J connectivity index is 1.81. The lowest BCUT2D eigenvalue weighted by molar-refractivity contribution is -0.393. The number of benzene rings is 3. The molecule has 0 fully saturated rings. The van der Waals surface area contributed by atoms with E-state index in [0.29, 0.717) is 32.8 Å². The Morgan fingerprint density at radius 1 is 1.09 bits per heavy atom. The van der Waals surface area contributed by atoms with Crippen LogP contribution < -0.4 is 14.9 Å². The van der Waals surface area contributed by atoms with Crippen molar-refractivity contribution in [3.05, 3.63) is 95.3 Å². The molecular formula is C22H18FIN4O6. The lowest BCUT2D eigenvalue weighted by Gasteiger charge is -2.15. The first kappa shape index (κ1) is 24.8. The highest BCUT2D eigenvalue weighted by Crippen LogP contribution is 2.35. The van der Waals surface area contributed by atoms with E-state index >= 15 is 0 Å². The Labute approximate surface area is 206 Å². The lowest BCUT2D eigenvalue weighted by atomic mass is 10.2. The van der Waals surface area contributed by atoms with Crippen LogP contribution in [0.1, 0.15) is 18.1 Å². The van der Waals surface area contributed by atoms with Gasteiger partial charge in [-0.1, -0.05) is 18.2 Å². The molecule has 3 aromatic rings. The molecule has 3 aromatic carbocycles. The van der Waals surface area contributed by atoms with Crippen LogP contribution in [0, 0.1) is 29.6 Å². The van der Waals surface area contributed by atoms with Crippen LogP contribution >= 0.6 is 22.6 Å². The van der Waals surface area contributed by atoms with E-state index in [9.17, 15) is 24.6 Å². The third kappa shape index (κ3) is 6.15. The van der Waals surface area contributed by atoms with E-state index < -0.39 is 21.2 Å². The molecule has 12 heteroatoms. The number of nitrogens with one attached hydrogen (secondary N) is 1. The second-order valence-corrected chi connectivity index (χ2v) is 7.89. The number of non-ortho nitro benzene ring substituents is 1. The molecule has 0 aromatic heterocycles. The summed E-state index contributed by atoms with van der Waals surface area (Å²) in [7, 11) is 0. The molecule has 3 rings (SSSR count). The molecule has 0 spiro atoms. The molecule has 176 valence electrons. The fraction of sp³-hybridized carbons (Fsp3) is 0.136. The van der Waals surface area contributed by atoms with Gasteiger partial charge in [-0.3, -0.25) is 25.7 Å². The van der Waals surface area contributed by atoms with E-state index in [1.165, 1.54) is 18.3 Å². The van der Waals surface area contributed by atoms with Crippen molar-refractivity contribution in [1.29, 1.82) is 0 Å². The van der Waals surface area contributed by atoms with Crippen molar-refractivity contribution >= 4 is 45.9 Å². The first-order valence-electron chi connectivity index (χ1n) is 9.84. The number of hydrogen-bond donors (Lipinski definition) is 1. The topological polar surface area (TPSA) is 129 Å². The van der Waals surface area contributed by atoms with Gasteiger partial charge in [0.1, 0.15) is 18.1 Å². The van der Waals surface area contributed by atoms with E-state index in [2.05, 4.69) is 33.1 Å². The van der Waals surface area contributed by atoms with Crippen LogP contribution in [0.25, 0.3) is 0 Å². The molecule has 0 saturated heterocycles. The van der Waals surface area contributed by atoms with Gasteiger partial charge < -0.3 is 9.47 Å². The Kier molecular flexibility index (Phi) is 8.29. The van der Waals surface area contributed by atoms with Crippen molar-refractivity contribution < 1.29 is 23.7 Å². The SMILES string of the molecule is CCOc1cc(/C=N/Nc2ccc([N+](=O)[O-])cc2[N+](=O)[O-])cc(I)c1OCc1ccccc1F. The number of hydrazone groups is 1. The van der Waals surface area contributed by atoms with Crippen LogP contribution in [-0.2, 0) is 6.61 Å². The number of rotatable bonds is 10. The molecule has 0 amide bonds. The van der Waals surface area contributed by atoms with Crippen LogP contribution in [0.5, 0.6) is 11.5 Å². The van der Waals surface area contributed by atoms with Gasteiger partial charge in [0.2, 0.25) is 0 Å². The highest BCUT2D eigenvalue weighted by atomic mass is 127. The molecule has 0 unspecified atom stereocenters. The number of nitro groups is 2. The number of nitrogens with zero attached hydrogens (tertiary/aromatic N) is 3. The van der Waals surface area contributed by atoms with Gasteiger partial charge in [-0.25, -0.2) is 4.39 Å². The zero-order valence-corrected chi connectivity index (χ0v) is 19.9. The zero-order valence-electron chi connectivity index (χ0n) is 17.7. The molecule has 34 heavy (non-hydrogen) atoms. The summed E-state index contributed by atoms with van der Waals surface area (Å²) in [5.41, 5.74) is 2.66. The number of ether oxygens (including phenoxy) is 2. The molecule has 0 aliphatic rings. The predicted octanol–water partition coefficient (Wildman–Crippen LogP) is 5.67. The molecule has 0 saturated carbocycles. The number of halogens is 2.